The molecule has 1 aliphatic carbocycles. The van der Waals surface area contributed by atoms with Crippen LogP contribution in [0, 0.1) is 5.92 Å². The van der Waals surface area contributed by atoms with E-state index in [9.17, 15) is 5.11 Å². The average molecular weight is 333 g/mol. The van der Waals surface area contributed by atoms with E-state index in [1.165, 1.54) is 23.1 Å². The maximum absolute atomic E-state index is 10.1. The van der Waals surface area contributed by atoms with Gasteiger partial charge in [0.05, 0.1) is 0 Å². The molecule has 2 unspecified atom stereocenters. The van der Waals surface area contributed by atoms with Crippen molar-refractivity contribution >= 4 is 5.57 Å². The van der Waals surface area contributed by atoms with Gasteiger partial charge in [-0.15, -0.1) is 0 Å². The van der Waals surface area contributed by atoms with E-state index in [1.54, 1.807) is 6.07 Å². The van der Waals surface area contributed by atoms with Crippen molar-refractivity contribution in [2.45, 2.75) is 31.6 Å². The van der Waals surface area contributed by atoms with Gasteiger partial charge < -0.3 is 10.0 Å². The number of fused-ring (bicyclic) bond motifs is 1. The highest BCUT2D eigenvalue weighted by atomic mass is 16.3. The van der Waals surface area contributed by atoms with Gasteiger partial charge in [0.25, 0.3) is 0 Å². The van der Waals surface area contributed by atoms with E-state index in [-0.39, 0.29) is 5.41 Å². The van der Waals surface area contributed by atoms with E-state index in [0.717, 1.165) is 32.5 Å². The SMILES string of the molecule is CCN1CCC2(c3cccc(O)c3)CC(c3ccccc3)=CCC2C1. The Morgan fingerprint density at radius 3 is 2.72 bits per heavy atom. The fourth-order valence-corrected chi connectivity index (χ4v) is 4.83. The molecule has 0 spiro atoms. The van der Waals surface area contributed by atoms with Gasteiger partial charge >= 0.3 is 0 Å². The number of benzene rings is 2. The van der Waals surface area contributed by atoms with E-state index in [4.69, 9.17) is 0 Å². The van der Waals surface area contributed by atoms with Gasteiger partial charge in [0.2, 0.25) is 0 Å². The molecule has 1 aliphatic heterocycles. The zero-order valence-electron chi connectivity index (χ0n) is 15.0. The first-order valence-corrected chi connectivity index (χ1v) is 9.47. The number of hydrogen-bond acceptors (Lipinski definition) is 2. The Kier molecular flexibility index (Phi) is 4.39. The van der Waals surface area contributed by atoms with E-state index in [1.807, 2.05) is 12.1 Å². The molecule has 0 radical (unpaired) electrons. The second kappa shape index (κ2) is 6.68. The van der Waals surface area contributed by atoms with Crippen molar-refractivity contribution in [3.63, 3.8) is 0 Å². The Balaban J connectivity index is 1.75. The molecule has 0 amide bonds. The zero-order valence-corrected chi connectivity index (χ0v) is 15.0. The van der Waals surface area contributed by atoms with Gasteiger partial charge in [-0.25, -0.2) is 0 Å². The molecule has 1 N–H and O–H groups in total. The Hall–Kier alpha value is -2.06. The second-order valence-electron chi connectivity index (χ2n) is 7.55. The summed E-state index contributed by atoms with van der Waals surface area (Å²) >= 11 is 0. The number of phenols is 1. The third kappa shape index (κ3) is 3.00. The van der Waals surface area contributed by atoms with Crippen molar-refractivity contribution in [3.05, 3.63) is 71.8 Å². The summed E-state index contributed by atoms with van der Waals surface area (Å²) in [4.78, 5) is 2.58. The van der Waals surface area contributed by atoms with Crippen molar-refractivity contribution in [2.24, 2.45) is 5.92 Å². The number of aromatic hydroxyl groups is 1. The quantitative estimate of drug-likeness (QED) is 0.868. The summed E-state index contributed by atoms with van der Waals surface area (Å²) in [5.74, 6) is 1.01. The summed E-state index contributed by atoms with van der Waals surface area (Å²) in [5, 5.41) is 10.1. The molecular weight excluding hydrogens is 306 g/mol. The molecule has 2 nitrogen and oxygen atoms in total. The number of piperidine rings is 1. The van der Waals surface area contributed by atoms with E-state index >= 15 is 0 Å². The van der Waals surface area contributed by atoms with Crippen LogP contribution in [-0.2, 0) is 5.41 Å². The summed E-state index contributed by atoms with van der Waals surface area (Å²) in [6, 6.07) is 18.8. The van der Waals surface area contributed by atoms with Gasteiger partial charge in [0.1, 0.15) is 5.75 Å². The zero-order chi connectivity index (χ0) is 17.3. The van der Waals surface area contributed by atoms with Gasteiger partial charge in [-0.2, -0.15) is 0 Å². The van der Waals surface area contributed by atoms with Crippen molar-refractivity contribution in [1.82, 2.24) is 4.90 Å². The molecule has 0 aromatic heterocycles. The second-order valence-corrected chi connectivity index (χ2v) is 7.55. The minimum atomic E-state index is 0.143. The number of phenolic OH excluding ortho intramolecular Hbond substituents is 1. The highest BCUT2D eigenvalue weighted by molar-refractivity contribution is 5.68. The van der Waals surface area contributed by atoms with Crippen molar-refractivity contribution in [1.29, 1.82) is 0 Å². The Morgan fingerprint density at radius 2 is 1.96 bits per heavy atom. The topological polar surface area (TPSA) is 23.5 Å². The smallest absolute Gasteiger partial charge is 0.115 e. The Labute approximate surface area is 150 Å². The summed E-state index contributed by atoms with van der Waals surface area (Å²) in [5.41, 5.74) is 4.27. The van der Waals surface area contributed by atoms with Crippen LogP contribution in [0.5, 0.6) is 5.75 Å². The van der Waals surface area contributed by atoms with E-state index in [2.05, 4.69) is 54.3 Å². The van der Waals surface area contributed by atoms with Crippen LogP contribution in [0.3, 0.4) is 0 Å². The van der Waals surface area contributed by atoms with Gasteiger partial charge in [0, 0.05) is 12.0 Å². The fraction of sp³-hybridized carbons (Fsp3) is 0.391. The Morgan fingerprint density at radius 1 is 1.12 bits per heavy atom. The first-order chi connectivity index (χ1) is 12.2. The Bertz CT molecular complexity index is 767. The summed E-state index contributed by atoms with van der Waals surface area (Å²) in [6.07, 6.45) is 5.82. The van der Waals surface area contributed by atoms with Crippen molar-refractivity contribution in [3.8, 4) is 5.75 Å². The molecule has 4 rings (SSSR count). The van der Waals surface area contributed by atoms with Crippen molar-refractivity contribution < 1.29 is 5.11 Å². The number of hydrogen-bond donors (Lipinski definition) is 1. The molecule has 0 bridgehead atoms. The maximum Gasteiger partial charge on any atom is 0.115 e. The van der Waals surface area contributed by atoms with Crippen LogP contribution in [0.2, 0.25) is 0 Å². The molecule has 130 valence electrons. The van der Waals surface area contributed by atoms with Crippen LogP contribution >= 0.6 is 0 Å². The number of rotatable bonds is 3. The monoisotopic (exact) mass is 333 g/mol. The van der Waals surface area contributed by atoms with Crippen LogP contribution in [0.4, 0.5) is 0 Å². The molecule has 1 fully saturated rings. The van der Waals surface area contributed by atoms with Gasteiger partial charge in [0.15, 0.2) is 0 Å². The molecule has 0 saturated carbocycles. The third-order valence-electron chi connectivity index (χ3n) is 6.30. The van der Waals surface area contributed by atoms with E-state index in [0.29, 0.717) is 11.7 Å². The van der Waals surface area contributed by atoms with Crippen molar-refractivity contribution in [2.75, 3.05) is 19.6 Å². The normalized spacial score (nSPS) is 26.8. The van der Waals surface area contributed by atoms with Crippen LogP contribution < -0.4 is 0 Å². The first kappa shape index (κ1) is 16.4. The fourth-order valence-electron chi connectivity index (χ4n) is 4.83. The number of likely N-dealkylation sites (tertiary alicyclic amines) is 1. The molecule has 1 saturated heterocycles. The average Bonchev–Trinajstić information content (AvgIpc) is 2.67. The predicted molar refractivity (Wildman–Crippen MR) is 104 cm³/mol. The molecule has 2 aliphatic rings. The number of allylic oxidation sites excluding steroid dienone is 2. The molecule has 2 heteroatoms. The van der Waals surface area contributed by atoms with Gasteiger partial charge in [-0.3, -0.25) is 0 Å². The maximum atomic E-state index is 10.1. The summed E-state index contributed by atoms with van der Waals surface area (Å²) in [7, 11) is 0. The van der Waals surface area contributed by atoms with Crippen LogP contribution in [0.1, 0.15) is 37.3 Å². The molecule has 2 atom stereocenters. The highest BCUT2D eigenvalue weighted by Crippen LogP contribution is 2.51. The largest absolute Gasteiger partial charge is 0.508 e. The van der Waals surface area contributed by atoms with Gasteiger partial charge in [-0.05, 0) is 67.1 Å². The molecule has 1 heterocycles. The highest BCUT2D eigenvalue weighted by Gasteiger charge is 2.45. The molecule has 2 aromatic rings. The molecular formula is C23H27NO. The van der Waals surface area contributed by atoms with Crippen LogP contribution in [0.25, 0.3) is 5.57 Å². The van der Waals surface area contributed by atoms with Gasteiger partial charge in [-0.1, -0.05) is 55.5 Å². The molecule has 25 heavy (non-hydrogen) atoms. The lowest BCUT2D eigenvalue weighted by Crippen LogP contribution is -2.51. The van der Waals surface area contributed by atoms with E-state index < -0.39 is 0 Å². The summed E-state index contributed by atoms with van der Waals surface area (Å²) < 4.78 is 0. The standard InChI is InChI=1S/C23H27NO/c1-2-24-14-13-23(20-9-6-10-22(25)15-20)16-19(11-12-21(23)17-24)18-7-4-3-5-8-18/h3-11,15,21,25H,2,12-14,16-17H2,1H3. The van der Waals surface area contributed by atoms with Crippen LogP contribution in [0.15, 0.2) is 60.7 Å². The lowest BCUT2D eigenvalue weighted by Gasteiger charge is -2.51. The van der Waals surface area contributed by atoms with Crippen LogP contribution in [-0.4, -0.2) is 29.6 Å². The predicted octanol–water partition coefficient (Wildman–Crippen LogP) is 4.85. The third-order valence-corrected chi connectivity index (χ3v) is 6.30. The minimum Gasteiger partial charge on any atom is -0.508 e. The number of nitrogens with zero attached hydrogens (tertiary/aromatic N) is 1. The first-order valence-electron chi connectivity index (χ1n) is 9.47. The molecule has 2 aromatic carbocycles. The lowest BCUT2D eigenvalue weighted by atomic mass is 9.59. The summed E-state index contributed by atoms with van der Waals surface area (Å²) in [6.45, 7) is 5.69. The lowest BCUT2D eigenvalue weighted by molar-refractivity contribution is 0.0934. The minimum absolute atomic E-state index is 0.143.